The van der Waals surface area contributed by atoms with Crippen molar-refractivity contribution in [1.29, 1.82) is 0 Å². The molecule has 0 aliphatic carbocycles. The van der Waals surface area contributed by atoms with E-state index in [1.807, 2.05) is 0 Å². The lowest BCUT2D eigenvalue weighted by molar-refractivity contribution is -0.146. The van der Waals surface area contributed by atoms with Crippen molar-refractivity contribution in [2.75, 3.05) is 0 Å². The average molecular weight is 169 g/mol. The molecule has 66 valence electrons. The maximum atomic E-state index is 10.6. The van der Waals surface area contributed by atoms with Gasteiger partial charge in [0, 0.05) is 13.0 Å². The number of ether oxygens (including phenoxy) is 1. The Morgan fingerprint density at radius 1 is 1.75 bits per heavy atom. The quantitative estimate of drug-likeness (QED) is 0.631. The minimum atomic E-state index is -0.333. The first-order valence-corrected chi connectivity index (χ1v) is 3.70. The van der Waals surface area contributed by atoms with E-state index in [0.717, 1.165) is 0 Å². The number of hydrogen-bond acceptors (Lipinski definition) is 4. The molecule has 0 saturated heterocycles. The van der Waals surface area contributed by atoms with Crippen LogP contribution in [-0.2, 0) is 9.53 Å². The van der Waals surface area contributed by atoms with E-state index in [1.165, 1.54) is 6.92 Å². The van der Waals surface area contributed by atoms with Crippen LogP contribution in [-0.4, -0.2) is 11.1 Å². The van der Waals surface area contributed by atoms with Gasteiger partial charge in [0.2, 0.25) is 0 Å². The first-order valence-electron chi connectivity index (χ1n) is 3.70. The molecular formula is C8H11NO3. The fourth-order valence-corrected chi connectivity index (χ4v) is 0.887. The Bertz CT molecular complexity index is 280. The van der Waals surface area contributed by atoms with Crippen molar-refractivity contribution in [2.24, 2.45) is 0 Å². The van der Waals surface area contributed by atoms with Gasteiger partial charge in [0.05, 0.1) is 0 Å². The Balaban J connectivity index is 2.64. The Hall–Kier alpha value is -1.32. The summed E-state index contributed by atoms with van der Waals surface area (Å²) in [5.41, 5.74) is 0.641. The molecule has 1 aromatic rings. The van der Waals surface area contributed by atoms with Crippen LogP contribution in [0.15, 0.2) is 10.6 Å². The summed E-state index contributed by atoms with van der Waals surface area (Å²) in [5, 5.41) is 3.72. The number of carbonyl (C=O) groups is 1. The molecule has 4 nitrogen and oxygen atoms in total. The molecule has 0 unspecified atom stereocenters. The number of aromatic nitrogens is 1. The summed E-state index contributed by atoms with van der Waals surface area (Å²) in [6.45, 7) is 4.90. The second-order valence-electron chi connectivity index (χ2n) is 2.61. The van der Waals surface area contributed by atoms with E-state index in [9.17, 15) is 4.79 Å². The van der Waals surface area contributed by atoms with Gasteiger partial charge in [-0.15, -0.1) is 0 Å². The molecule has 1 atom stereocenters. The molecule has 4 heteroatoms. The molecule has 0 saturated carbocycles. The molecular weight excluding hydrogens is 158 g/mol. The largest absolute Gasteiger partial charge is 0.456 e. The number of aryl methyl sites for hydroxylation is 1. The van der Waals surface area contributed by atoms with E-state index in [0.29, 0.717) is 11.5 Å². The van der Waals surface area contributed by atoms with Crippen LogP contribution in [0.2, 0.25) is 0 Å². The third-order valence-corrected chi connectivity index (χ3v) is 1.41. The van der Waals surface area contributed by atoms with Gasteiger partial charge in [-0.2, -0.15) is 0 Å². The first kappa shape index (κ1) is 8.77. The van der Waals surface area contributed by atoms with Gasteiger partial charge in [-0.3, -0.25) is 4.79 Å². The van der Waals surface area contributed by atoms with Crippen molar-refractivity contribution < 1.29 is 14.1 Å². The molecule has 0 spiro atoms. The summed E-state index contributed by atoms with van der Waals surface area (Å²) in [6, 6.07) is 1.74. The zero-order valence-electron chi connectivity index (χ0n) is 7.33. The molecule has 0 N–H and O–H groups in total. The van der Waals surface area contributed by atoms with Gasteiger partial charge in [-0.05, 0) is 13.8 Å². The molecule has 0 amide bonds. The first-order chi connectivity index (χ1) is 5.59. The summed E-state index contributed by atoms with van der Waals surface area (Å²) < 4.78 is 9.71. The van der Waals surface area contributed by atoms with Gasteiger partial charge in [-0.25, -0.2) is 0 Å². The van der Waals surface area contributed by atoms with Crippen molar-refractivity contribution in [3.63, 3.8) is 0 Å². The molecule has 0 bridgehead atoms. The highest BCUT2D eigenvalue weighted by Gasteiger charge is 2.12. The molecule has 1 aromatic heterocycles. The number of carbonyl (C=O) groups excluding carboxylic acids is 1. The Morgan fingerprint density at radius 2 is 2.42 bits per heavy atom. The van der Waals surface area contributed by atoms with E-state index in [-0.39, 0.29) is 12.1 Å². The second kappa shape index (κ2) is 3.38. The van der Waals surface area contributed by atoms with Gasteiger partial charge in [-0.1, -0.05) is 5.16 Å². The van der Waals surface area contributed by atoms with E-state index in [2.05, 4.69) is 5.16 Å². The van der Waals surface area contributed by atoms with Crippen molar-refractivity contribution in [3.8, 4) is 0 Å². The van der Waals surface area contributed by atoms with Gasteiger partial charge < -0.3 is 9.26 Å². The molecule has 12 heavy (non-hydrogen) atoms. The summed E-state index contributed by atoms with van der Waals surface area (Å²) in [7, 11) is 0. The monoisotopic (exact) mass is 169 g/mol. The number of hydrogen-bond donors (Lipinski definition) is 0. The van der Waals surface area contributed by atoms with Gasteiger partial charge >= 0.3 is 5.97 Å². The summed E-state index contributed by atoms with van der Waals surface area (Å²) in [6.07, 6.45) is -0.333. The van der Waals surface area contributed by atoms with Gasteiger partial charge in [0.1, 0.15) is 17.6 Å². The third kappa shape index (κ3) is 2.08. The normalized spacial score (nSPS) is 12.6. The Kier molecular flexibility index (Phi) is 2.47. The third-order valence-electron chi connectivity index (χ3n) is 1.41. The molecule has 0 fully saturated rings. The van der Waals surface area contributed by atoms with Crippen LogP contribution in [0, 0.1) is 6.92 Å². The van der Waals surface area contributed by atoms with E-state index in [4.69, 9.17) is 9.26 Å². The Morgan fingerprint density at radius 3 is 2.83 bits per heavy atom. The summed E-state index contributed by atoms with van der Waals surface area (Å²) >= 11 is 0. The molecule has 0 aliphatic rings. The predicted octanol–water partition coefficient (Wildman–Crippen LogP) is 1.61. The average Bonchev–Trinajstić information content (AvgIpc) is 2.34. The number of esters is 1. The van der Waals surface area contributed by atoms with E-state index in [1.54, 1.807) is 19.9 Å². The maximum Gasteiger partial charge on any atom is 0.303 e. The van der Waals surface area contributed by atoms with Gasteiger partial charge in [0.15, 0.2) is 0 Å². The van der Waals surface area contributed by atoms with Gasteiger partial charge in [0.25, 0.3) is 0 Å². The highest BCUT2D eigenvalue weighted by atomic mass is 16.5. The highest BCUT2D eigenvalue weighted by Crippen LogP contribution is 2.15. The molecule has 0 radical (unpaired) electrons. The smallest absolute Gasteiger partial charge is 0.303 e. The van der Waals surface area contributed by atoms with E-state index < -0.39 is 0 Å². The minimum absolute atomic E-state index is 0.317. The van der Waals surface area contributed by atoms with E-state index >= 15 is 0 Å². The van der Waals surface area contributed by atoms with Crippen LogP contribution in [0.25, 0.3) is 0 Å². The van der Waals surface area contributed by atoms with Crippen LogP contribution < -0.4 is 0 Å². The predicted molar refractivity (Wildman–Crippen MR) is 41.4 cm³/mol. The van der Waals surface area contributed by atoms with Crippen LogP contribution in [0.4, 0.5) is 0 Å². The molecule has 0 aromatic carbocycles. The van der Waals surface area contributed by atoms with Crippen molar-refractivity contribution in [1.82, 2.24) is 5.16 Å². The lowest BCUT2D eigenvalue weighted by Gasteiger charge is -2.06. The summed E-state index contributed by atoms with van der Waals surface area (Å²) in [4.78, 5) is 10.6. The van der Waals surface area contributed by atoms with Crippen molar-refractivity contribution >= 4 is 5.97 Å². The number of nitrogens with zero attached hydrogens (tertiary/aromatic N) is 1. The second-order valence-corrected chi connectivity index (χ2v) is 2.61. The fraction of sp³-hybridized carbons (Fsp3) is 0.500. The fourth-order valence-electron chi connectivity index (χ4n) is 0.887. The zero-order valence-corrected chi connectivity index (χ0v) is 7.33. The maximum absolute atomic E-state index is 10.6. The van der Waals surface area contributed by atoms with Crippen LogP contribution in [0.3, 0.4) is 0 Å². The Labute approximate surface area is 70.5 Å². The van der Waals surface area contributed by atoms with Crippen LogP contribution >= 0.6 is 0 Å². The van der Waals surface area contributed by atoms with Crippen molar-refractivity contribution in [2.45, 2.75) is 26.9 Å². The zero-order chi connectivity index (χ0) is 9.14. The van der Waals surface area contributed by atoms with Crippen LogP contribution in [0.1, 0.15) is 31.4 Å². The molecule has 1 rings (SSSR count). The lowest BCUT2D eigenvalue weighted by Crippen LogP contribution is -2.04. The molecule has 1 heterocycles. The SMILES string of the molecule is CC(=O)O[C@@H](C)c1cc(C)on1. The molecule has 0 aliphatic heterocycles. The van der Waals surface area contributed by atoms with Crippen molar-refractivity contribution in [3.05, 3.63) is 17.5 Å². The number of rotatable bonds is 2. The van der Waals surface area contributed by atoms with Crippen LogP contribution in [0.5, 0.6) is 0 Å². The highest BCUT2D eigenvalue weighted by molar-refractivity contribution is 5.66. The minimum Gasteiger partial charge on any atom is -0.456 e. The lowest BCUT2D eigenvalue weighted by atomic mass is 10.3. The topological polar surface area (TPSA) is 52.3 Å². The summed E-state index contributed by atoms with van der Waals surface area (Å²) in [5.74, 6) is 0.396. The standard InChI is InChI=1S/C8H11NO3/c1-5-4-8(9-12-5)6(2)11-7(3)10/h4,6H,1-3H3/t6-/m0/s1.